The van der Waals surface area contributed by atoms with Crippen LogP contribution < -0.4 is 10.6 Å². The third-order valence-electron chi connectivity index (χ3n) is 3.24. The SMILES string of the molecule is CCOCC(=O)Nc1c2c(nn1CC(=O)NCCOC)CSC2. The van der Waals surface area contributed by atoms with Gasteiger partial charge in [-0.05, 0) is 6.92 Å². The molecule has 2 rings (SSSR count). The lowest BCUT2D eigenvalue weighted by Gasteiger charge is -2.11. The molecule has 0 atom stereocenters. The second-order valence-corrected chi connectivity index (χ2v) is 5.94. The number of carbonyl (C=O) groups is 2. The van der Waals surface area contributed by atoms with E-state index in [4.69, 9.17) is 9.47 Å². The van der Waals surface area contributed by atoms with Gasteiger partial charge in [-0.3, -0.25) is 9.59 Å². The minimum absolute atomic E-state index is 0.0103. The van der Waals surface area contributed by atoms with Gasteiger partial charge in [-0.2, -0.15) is 16.9 Å². The van der Waals surface area contributed by atoms with Crippen LogP contribution in [-0.2, 0) is 37.1 Å². The molecule has 1 aliphatic heterocycles. The second kappa shape index (κ2) is 8.90. The van der Waals surface area contributed by atoms with Crippen molar-refractivity contribution >= 4 is 29.4 Å². The summed E-state index contributed by atoms with van der Waals surface area (Å²) in [6.07, 6.45) is 0. The molecule has 2 amide bonds. The minimum atomic E-state index is -0.243. The number of aromatic nitrogens is 2. The Morgan fingerprint density at radius 2 is 2.17 bits per heavy atom. The van der Waals surface area contributed by atoms with Gasteiger partial charge in [0.1, 0.15) is 19.0 Å². The number of hydrogen-bond donors (Lipinski definition) is 2. The van der Waals surface area contributed by atoms with E-state index in [1.165, 1.54) is 0 Å². The molecule has 1 aromatic heterocycles. The van der Waals surface area contributed by atoms with Crippen molar-refractivity contribution in [1.82, 2.24) is 15.1 Å². The number of hydrogen-bond acceptors (Lipinski definition) is 6. The van der Waals surface area contributed by atoms with Crippen LogP contribution in [0.2, 0.25) is 0 Å². The first kappa shape index (κ1) is 17.8. The van der Waals surface area contributed by atoms with Gasteiger partial charge in [0.15, 0.2) is 0 Å². The molecule has 0 saturated carbocycles. The summed E-state index contributed by atoms with van der Waals surface area (Å²) in [6.45, 7) is 3.25. The highest BCUT2D eigenvalue weighted by Gasteiger charge is 2.24. The fraction of sp³-hybridized carbons (Fsp3) is 0.643. The molecule has 0 fully saturated rings. The van der Waals surface area contributed by atoms with Crippen molar-refractivity contribution in [2.75, 3.05) is 38.8 Å². The second-order valence-electron chi connectivity index (χ2n) is 4.95. The van der Waals surface area contributed by atoms with Gasteiger partial charge in [0.25, 0.3) is 5.91 Å². The van der Waals surface area contributed by atoms with Crippen molar-refractivity contribution < 1.29 is 19.1 Å². The van der Waals surface area contributed by atoms with Crippen molar-refractivity contribution in [2.45, 2.75) is 25.0 Å². The average Bonchev–Trinajstić information content (AvgIpc) is 3.09. The van der Waals surface area contributed by atoms with E-state index in [0.29, 0.717) is 25.6 Å². The number of nitrogens with zero attached hydrogens (tertiary/aromatic N) is 2. The van der Waals surface area contributed by atoms with Crippen molar-refractivity contribution in [1.29, 1.82) is 0 Å². The fourth-order valence-electron chi connectivity index (χ4n) is 2.17. The first-order valence-electron chi connectivity index (χ1n) is 7.45. The summed E-state index contributed by atoms with van der Waals surface area (Å²) in [5, 5.41) is 10.0. The summed E-state index contributed by atoms with van der Waals surface area (Å²) in [6, 6.07) is 0. The van der Waals surface area contributed by atoms with Gasteiger partial charge in [-0.25, -0.2) is 4.68 Å². The molecule has 1 aliphatic rings. The Hall–Kier alpha value is -1.58. The van der Waals surface area contributed by atoms with E-state index in [-0.39, 0.29) is 25.0 Å². The van der Waals surface area contributed by atoms with Crippen LogP contribution in [-0.4, -0.2) is 55.1 Å². The first-order chi connectivity index (χ1) is 11.2. The van der Waals surface area contributed by atoms with Crippen molar-refractivity contribution in [3.05, 3.63) is 11.3 Å². The Bertz CT molecular complexity index is 561. The highest BCUT2D eigenvalue weighted by atomic mass is 32.2. The molecule has 2 N–H and O–H groups in total. The number of thioether (sulfide) groups is 1. The quantitative estimate of drug-likeness (QED) is 0.630. The molecule has 0 radical (unpaired) electrons. The molecule has 0 unspecified atom stereocenters. The molecule has 8 nitrogen and oxygen atoms in total. The van der Waals surface area contributed by atoms with Crippen LogP contribution >= 0.6 is 11.8 Å². The first-order valence-corrected chi connectivity index (χ1v) is 8.60. The van der Waals surface area contributed by atoms with E-state index in [1.807, 2.05) is 6.92 Å². The minimum Gasteiger partial charge on any atom is -0.383 e. The summed E-state index contributed by atoms with van der Waals surface area (Å²) in [7, 11) is 1.58. The van der Waals surface area contributed by atoms with Crippen LogP contribution in [0, 0.1) is 0 Å². The summed E-state index contributed by atoms with van der Waals surface area (Å²) in [5.41, 5.74) is 1.91. The van der Waals surface area contributed by atoms with Gasteiger partial charge < -0.3 is 20.1 Å². The molecule has 128 valence electrons. The van der Waals surface area contributed by atoms with Gasteiger partial charge >= 0.3 is 0 Å². The van der Waals surface area contributed by atoms with Gasteiger partial charge in [0, 0.05) is 37.3 Å². The molecular weight excluding hydrogens is 320 g/mol. The van der Waals surface area contributed by atoms with Crippen LogP contribution in [0.1, 0.15) is 18.2 Å². The van der Waals surface area contributed by atoms with E-state index >= 15 is 0 Å². The fourth-order valence-corrected chi connectivity index (χ4v) is 3.20. The smallest absolute Gasteiger partial charge is 0.251 e. The highest BCUT2D eigenvalue weighted by molar-refractivity contribution is 7.98. The molecule has 0 aromatic carbocycles. The van der Waals surface area contributed by atoms with E-state index in [2.05, 4.69) is 15.7 Å². The van der Waals surface area contributed by atoms with E-state index in [0.717, 1.165) is 22.8 Å². The number of methoxy groups -OCH3 is 1. The number of amides is 2. The predicted molar refractivity (Wildman–Crippen MR) is 87.2 cm³/mol. The van der Waals surface area contributed by atoms with Gasteiger partial charge in [0.2, 0.25) is 5.91 Å². The van der Waals surface area contributed by atoms with Crippen LogP contribution in [0.5, 0.6) is 0 Å². The lowest BCUT2D eigenvalue weighted by atomic mass is 10.3. The summed E-state index contributed by atoms with van der Waals surface area (Å²) >= 11 is 1.74. The Morgan fingerprint density at radius 1 is 1.35 bits per heavy atom. The van der Waals surface area contributed by atoms with Crippen molar-refractivity contribution in [2.24, 2.45) is 0 Å². The maximum atomic E-state index is 12.0. The molecule has 0 aliphatic carbocycles. The molecule has 9 heteroatoms. The zero-order valence-corrected chi connectivity index (χ0v) is 14.2. The summed E-state index contributed by atoms with van der Waals surface area (Å²) in [5.74, 6) is 1.76. The lowest BCUT2D eigenvalue weighted by Crippen LogP contribution is -2.31. The molecule has 1 aromatic rings. The van der Waals surface area contributed by atoms with Crippen LogP contribution in [0.3, 0.4) is 0 Å². The van der Waals surface area contributed by atoms with Crippen LogP contribution in [0.25, 0.3) is 0 Å². The van der Waals surface area contributed by atoms with Gasteiger partial charge in [-0.1, -0.05) is 0 Å². The van der Waals surface area contributed by atoms with Crippen molar-refractivity contribution in [3.63, 3.8) is 0 Å². The third-order valence-corrected chi connectivity index (χ3v) is 4.21. The standard InChI is InChI=1S/C14H22N4O4S/c1-3-22-7-13(20)16-14-10-8-23-9-11(10)17-18(14)6-12(19)15-4-5-21-2/h3-9H2,1-2H3,(H,15,19)(H,16,20). The molecule has 0 spiro atoms. The summed E-state index contributed by atoms with van der Waals surface area (Å²) < 4.78 is 11.6. The zero-order valence-electron chi connectivity index (χ0n) is 13.4. The van der Waals surface area contributed by atoms with E-state index in [1.54, 1.807) is 23.6 Å². The maximum absolute atomic E-state index is 12.0. The Kier molecular flexibility index (Phi) is 6.87. The average molecular weight is 342 g/mol. The molecule has 2 heterocycles. The zero-order chi connectivity index (χ0) is 16.7. The Morgan fingerprint density at radius 3 is 2.91 bits per heavy atom. The monoisotopic (exact) mass is 342 g/mol. The van der Waals surface area contributed by atoms with E-state index in [9.17, 15) is 9.59 Å². The van der Waals surface area contributed by atoms with Crippen LogP contribution in [0.4, 0.5) is 5.82 Å². The summed E-state index contributed by atoms with van der Waals surface area (Å²) in [4.78, 5) is 23.9. The van der Waals surface area contributed by atoms with Gasteiger partial charge in [0.05, 0.1) is 12.3 Å². The molecule has 0 bridgehead atoms. The number of fused-ring (bicyclic) bond motifs is 1. The Labute approximate surface area is 139 Å². The lowest BCUT2D eigenvalue weighted by molar-refractivity contribution is -0.122. The topological polar surface area (TPSA) is 94.5 Å². The maximum Gasteiger partial charge on any atom is 0.251 e. The number of ether oxygens (including phenoxy) is 2. The van der Waals surface area contributed by atoms with E-state index < -0.39 is 0 Å². The van der Waals surface area contributed by atoms with Crippen LogP contribution in [0.15, 0.2) is 0 Å². The highest BCUT2D eigenvalue weighted by Crippen LogP contribution is 2.34. The largest absolute Gasteiger partial charge is 0.383 e. The molecule has 23 heavy (non-hydrogen) atoms. The Balaban J connectivity index is 2.04. The number of rotatable bonds is 9. The normalized spacial score (nSPS) is 13.0. The molecule has 0 saturated heterocycles. The van der Waals surface area contributed by atoms with Gasteiger partial charge in [-0.15, -0.1) is 0 Å². The number of nitrogens with one attached hydrogen (secondary N) is 2. The number of carbonyl (C=O) groups excluding carboxylic acids is 2. The third kappa shape index (κ3) is 4.95. The molecular formula is C14H22N4O4S. The number of anilines is 1. The predicted octanol–water partition coefficient (Wildman–Crippen LogP) is 0.367. The van der Waals surface area contributed by atoms with Crippen molar-refractivity contribution in [3.8, 4) is 0 Å².